The summed E-state index contributed by atoms with van der Waals surface area (Å²) in [6.45, 7) is 1.29. The second-order valence-corrected chi connectivity index (χ2v) is 6.97. The van der Waals surface area contributed by atoms with Gasteiger partial charge in [0.05, 0.1) is 37.5 Å². The molecule has 0 N–H and O–H groups in total. The highest BCUT2D eigenvalue weighted by atomic mass is 32.1. The monoisotopic (exact) mass is 370 g/mol. The van der Waals surface area contributed by atoms with E-state index in [1.165, 1.54) is 7.11 Å². The normalized spacial score (nSPS) is 14.2. The second-order valence-electron chi connectivity index (χ2n) is 5.96. The van der Waals surface area contributed by atoms with Gasteiger partial charge in [-0.3, -0.25) is 0 Å². The molecule has 1 aromatic heterocycles. The highest BCUT2D eigenvalue weighted by Gasteiger charge is 2.33. The molecule has 0 unspecified atom stereocenters. The van der Waals surface area contributed by atoms with Crippen molar-refractivity contribution in [2.75, 3.05) is 32.2 Å². The van der Waals surface area contributed by atoms with Crippen molar-refractivity contribution in [2.24, 2.45) is 0 Å². The lowest BCUT2D eigenvalue weighted by atomic mass is 10.1. The molecule has 134 valence electrons. The van der Waals surface area contributed by atoms with Gasteiger partial charge in [0.25, 0.3) is 0 Å². The topological polar surface area (TPSA) is 60.9 Å². The SMILES string of the molecule is COc1ccc(C(=O)OC2CN(c3nc4ccccc4s3)C2)c(OC)c1. The zero-order valence-corrected chi connectivity index (χ0v) is 15.3. The van der Waals surface area contributed by atoms with Crippen LogP contribution in [0, 0.1) is 0 Å². The Labute approximate surface area is 154 Å². The van der Waals surface area contributed by atoms with Gasteiger partial charge in [-0.1, -0.05) is 23.5 Å². The standard InChI is InChI=1S/C19H18N2O4S/c1-23-12-7-8-14(16(9-12)24-2)18(22)25-13-10-21(11-13)19-20-15-5-3-4-6-17(15)26-19/h3-9,13H,10-11H2,1-2H3. The molecule has 1 aliphatic rings. The second kappa shape index (κ2) is 6.84. The van der Waals surface area contributed by atoms with Crippen molar-refractivity contribution < 1.29 is 19.0 Å². The number of benzene rings is 2. The van der Waals surface area contributed by atoms with Crippen LogP contribution in [0.15, 0.2) is 42.5 Å². The Morgan fingerprint density at radius 1 is 1.15 bits per heavy atom. The van der Waals surface area contributed by atoms with Crippen LogP contribution in [0.2, 0.25) is 0 Å². The Morgan fingerprint density at radius 3 is 2.69 bits per heavy atom. The summed E-state index contributed by atoms with van der Waals surface area (Å²) >= 11 is 1.65. The van der Waals surface area contributed by atoms with Gasteiger partial charge in [0, 0.05) is 6.07 Å². The number of nitrogens with zero attached hydrogens (tertiary/aromatic N) is 2. The van der Waals surface area contributed by atoms with Crippen LogP contribution in [-0.4, -0.2) is 44.4 Å². The van der Waals surface area contributed by atoms with Crippen LogP contribution in [0.1, 0.15) is 10.4 Å². The van der Waals surface area contributed by atoms with Gasteiger partial charge in [-0.2, -0.15) is 0 Å². The third-order valence-electron chi connectivity index (χ3n) is 4.30. The van der Waals surface area contributed by atoms with E-state index >= 15 is 0 Å². The molecule has 0 spiro atoms. The number of para-hydroxylation sites is 1. The molecule has 2 aromatic carbocycles. The van der Waals surface area contributed by atoms with Gasteiger partial charge >= 0.3 is 5.97 Å². The van der Waals surface area contributed by atoms with Crippen LogP contribution in [0.3, 0.4) is 0 Å². The molecule has 1 fully saturated rings. The predicted octanol–water partition coefficient (Wildman–Crippen LogP) is 3.36. The van der Waals surface area contributed by atoms with Gasteiger partial charge in [0.1, 0.15) is 23.2 Å². The molecule has 0 amide bonds. The van der Waals surface area contributed by atoms with Gasteiger partial charge in [-0.25, -0.2) is 9.78 Å². The Kier molecular flexibility index (Phi) is 4.38. The van der Waals surface area contributed by atoms with Gasteiger partial charge in [0.2, 0.25) is 0 Å². The van der Waals surface area contributed by atoms with E-state index in [0.29, 0.717) is 30.2 Å². The highest BCUT2D eigenvalue weighted by Crippen LogP contribution is 2.32. The third kappa shape index (κ3) is 3.06. The number of anilines is 1. The van der Waals surface area contributed by atoms with E-state index < -0.39 is 5.97 Å². The predicted molar refractivity (Wildman–Crippen MR) is 101 cm³/mol. The molecule has 6 nitrogen and oxygen atoms in total. The number of hydrogen-bond acceptors (Lipinski definition) is 7. The first-order valence-corrected chi connectivity index (χ1v) is 9.03. The molecule has 0 radical (unpaired) electrons. The lowest BCUT2D eigenvalue weighted by Crippen LogP contribution is -2.53. The van der Waals surface area contributed by atoms with E-state index in [9.17, 15) is 4.79 Å². The van der Waals surface area contributed by atoms with Crippen LogP contribution >= 0.6 is 11.3 Å². The molecule has 3 aromatic rings. The van der Waals surface area contributed by atoms with E-state index in [2.05, 4.69) is 16.0 Å². The first kappa shape index (κ1) is 16.7. The van der Waals surface area contributed by atoms with Crippen LogP contribution in [0.25, 0.3) is 10.2 Å². The summed E-state index contributed by atoms with van der Waals surface area (Å²) in [6, 6.07) is 13.1. The van der Waals surface area contributed by atoms with Crippen LogP contribution < -0.4 is 14.4 Å². The van der Waals surface area contributed by atoms with E-state index in [1.54, 1.807) is 36.6 Å². The molecule has 1 saturated heterocycles. The summed E-state index contributed by atoms with van der Waals surface area (Å²) in [6.07, 6.45) is -0.152. The lowest BCUT2D eigenvalue weighted by molar-refractivity contribution is 0.0231. The Balaban J connectivity index is 1.40. The number of ether oxygens (including phenoxy) is 3. The van der Waals surface area contributed by atoms with Crippen molar-refractivity contribution in [3.63, 3.8) is 0 Å². The molecule has 0 saturated carbocycles. The summed E-state index contributed by atoms with van der Waals surface area (Å²) in [5.74, 6) is 0.680. The summed E-state index contributed by atoms with van der Waals surface area (Å²) in [7, 11) is 3.08. The maximum Gasteiger partial charge on any atom is 0.342 e. The van der Waals surface area contributed by atoms with Crippen molar-refractivity contribution in [3.8, 4) is 11.5 Å². The lowest BCUT2D eigenvalue weighted by Gasteiger charge is -2.38. The van der Waals surface area contributed by atoms with Crippen molar-refractivity contribution >= 4 is 32.7 Å². The van der Waals surface area contributed by atoms with Gasteiger partial charge in [-0.05, 0) is 24.3 Å². The van der Waals surface area contributed by atoms with E-state index in [0.717, 1.165) is 15.3 Å². The molecule has 0 bridgehead atoms. The van der Waals surface area contributed by atoms with Crippen LogP contribution in [-0.2, 0) is 4.74 Å². The number of aromatic nitrogens is 1. The van der Waals surface area contributed by atoms with Crippen molar-refractivity contribution in [3.05, 3.63) is 48.0 Å². The molecule has 26 heavy (non-hydrogen) atoms. The molecule has 4 rings (SSSR count). The number of rotatable bonds is 5. The summed E-state index contributed by atoms with van der Waals surface area (Å²) in [4.78, 5) is 19.2. The first-order valence-electron chi connectivity index (χ1n) is 8.21. The van der Waals surface area contributed by atoms with Gasteiger partial charge < -0.3 is 19.1 Å². The zero-order chi connectivity index (χ0) is 18.1. The quantitative estimate of drug-likeness (QED) is 0.642. The molecule has 0 aliphatic carbocycles. The average Bonchev–Trinajstić information content (AvgIpc) is 3.06. The zero-order valence-electron chi connectivity index (χ0n) is 14.5. The van der Waals surface area contributed by atoms with E-state index in [1.807, 2.05) is 18.2 Å². The number of thiazole rings is 1. The molecular weight excluding hydrogens is 352 g/mol. The maximum absolute atomic E-state index is 12.4. The minimum Gasteiger partial charge on any atom is -0.497 e. The molecule has 0 atom stereocenters. The number of fused-ring (bicyclic) bond motifs is 1. The highest BCUT2D eigenvalue weighted by molar-refractivity contribution is 7.22. The fraction of sp³-hybridized carbons (Fsp3) is 0.263. The summed E-state index contributed by atoms with van der Waals surface area (Å²) in [5, 5.41) is 0.959. The van der Waals surface area contributed by atoms with Crippen LogP contribution in [0.4, 0.5) is 5.13 Å². The van der Waals surface area contributed by atoms with Crippen LogP contribution in [0.5, 0.6) is 11.5 Å². The first-order chi connectivity index (χ1) is 12.7. The number of carbonyl (C=O) groups excluding carboxylic acids is 1. The van der Waals surface area contributed by atoms with Crippen molar-refractivity contribution in [1.29, 1.82) is 0 Å². The maximum atomic E-state index is 12.4. The third-order valence-corrected chi connectivity index (χ3v) is 5.40. The molecule has 2 heterocycles. The smallest absolute Gasteiger partial charge is 0.342 e. The minimum atomic E-state index is -0.390. The Morgan fingerprint density at radius 2 is 1.96 bits per heavy atom. The number of methoxy groups -OCH3 is 2. The Bertz CT molecular complexity index is 917. The Hall–Kier alpha value is -2.80. The number of carbonyl (C=O) groups is 1. The number of esters is 1. The molecule has 7 heteroatoms. The van der Waals surface area contributed by atoms with E-state index in [-0.39, 0.29) is 6.10 Å². The minimum absolute atomic E-state index is 0.152. The molecule has 1 aliphatic heterocycles. The average molecular weight is 370 g/mol. The summed E-state index contributed by atoms with van der Waals surface area (Å²) < 4.78 is 17.2. The van der Waals surface area contributed by atoms with Crippen molar-refractivity contribution in [1.82, 2.24) is 4.98 Å². The van der Waals surface area contributed by atoms with Crippen molar-refractivity contribution in [2.45, 2.75) is 6.10 Å². The fourth-order valence-corrected chi connectivity index (χ4v) is 3.83. The largest absolute Gasteiger partial charge is 0.497 e. The fourth-order valence-electron chi connectivity index (χ4n) is 2.85. The number of hydrogen-bond donors (Lipinski definition) is 0. The van der Waals surface area contributed by atoms with E-state index in [4.69, 9.17) is 14.2 Å². The summed E-state index contributed by atoms with van der Waals surface area (Å²) in [5.41, 5.74) is 1.39. The molecular formula is C19H18N2O4S. The van der Waals surface area contributed by atoms with Gasteiger partial charge in [0.15, 0.2) is 5.13 Å². The van der Waals surface area contributed by atoms with Gasteiger partial charge in [-0.15, -0.1) is 0 Å².